The lowest BCUT2D eigenvalue weighted by Crippen LogP contribution is -2.13. The van der Waals surface area contributed by atoms with Crippen molar-refractivity contribution < 1.29 is 23.4 Å². The fraction of sp³-hybridized carbons (Fsp3) is 0.533. The van der Waals surface area contributed by atoms with Crippen LogP contribution in [0.3, 0.4) is 0 Å². The van der Waals surface area contributed by atoms with E-state index in [4.69, 9.17) is 9.84 Å². The second kappa shape index (κ2) is 5.38. The first-order valence-electron chi connectivity index (χ1n) is 6.61. The molecule has 1 aromatic carbocycles. The van der Waals surface area contributed by atoms with Gasteiger partial charge in [-0.1, -0.05) is 6.07 Å². The van der Waals surface area contributed by atoms with E-state index in [0.29, 0.717) is 5.56 Å². The predicted molar refractivity (Wildman–Crippen MR) is 70.3 cm³/mol. The molecule has 1 aliphatic rings. The van der Waals surface area contributed by atoms with E-state index in [1.807, 2.05) is 0 Å². The average Bonchev–Trinajstić information content (AvgIpc) is 3.18. The summed E-state index contributed by atoms with van der Waals surface area (Å²) in [5.41, 5.74) is 0.473. The molecule has 0 spiro atoms. The molecule has 1 aromatic rings. The van der Waals surface area contributed by atoms with Crippen LogP contribution in [0.2, 0.25) is 0 Å². The van der Waals surface area contributed by atoms with Gasteiger partial charge in [-0.15, -0.1) is 0 Å². The van der Waals surface area contributed by atoms with E-state index < -0.39 is 11.9 Å². The second-order valence-corrected chi connectivity index (χ2v) is 5.39. The summed E-state index contributed by atoms with van der Waals surface area (Å²) in [7, 11) is 1.35. The van der Waals surface area contributed by atoms with E-state index in [9.17, 15) is 13.6 Å². The number of rotatable bonds is 6. The van der Waals surface area contributed by atoms with Gasteiger partial charge in [0.2, 0.25) is 0 Å². The molecule has 110 valence electrons. The summed E-state index contributed by atoms with van der Waals surface area (Å²) in [5, 5.41) is 8.98. The van der Waals surface area contributed by atoms with Gasteiger partial charge >= 0.3 is 5.97 Å². The molecule has 1 N–H and O–H groups in total. The summed E-state index contributed by atoms with van der Waals surface area (Å²) < 4.78 is 32.2. The number of alkyl halides is 2. The molecule has 0 heterocycles. The molecule has 0 aliphatic heterocycles. The maximum absolute atomic E-state index is 13.6. The SMILES string of the molecule is COc1ccc(C(CC(=O)O)C2CC2)cc1C(C)(F)F. The minimum Gasteiger partial charge on any atom is -0.496 e. The van der Waals surface area contributed by atoms with E-state index in [1.54, 1.807) is 6.07 Å². The van der Waals surface area contributed by atoms with Gasteiger partial charge < -0.3 is 9.84 Å². The molecular formula is C15H18F2O3. The van der Waals surface area contributed by atoms with Crippen LogP contribution in [0, 0.1) is 5.92 Å². The number of carboxylic acid groups (broad SMARTS) is 1. The first kappa shape index (κ1) is 14.8. The smallest absolute Gasteiger partial charge is 0.303 e. The summed E-state index contributed by atoms with van der Waals surface area (Å²) in [4.78, 5) is 10.9. The third-order valence-electron chi connectivity index (χ3n) is 3.71. The normalized spacial score (nSPS) is 16.8. The third kappa shape index (κ3) is 3.26. The van der Waals surface area contributed by atoms with Crippen molar-refractivity contribution in [3.63, 3.8) is 0 Å². The van der Waals surface area contributed by atoms with Crippen LogP contribution in [0.25, 0.3) is 0 Å². The number of methoxy groups -OCH3 is 1. The van der Waals surface area contributed by atoms with Crippen LogP contribution < -0.4 is 4.74 Å². The van der Waals surface area contributed by atoms with Crippen molar-refractivity contribution in [2.45, 2.75) is 38.0 Å². The van der Waals surface area contributed by atoms with E-state index >= 15 is 0 Å². The molecule has 20 heavy (non-hydrogen) atoms. The van der Waals surface area contributed by atoms with E-state index in [-0.39, 0.29) is 29.6 Å². The Hall–Kier alpha value is -1.65. The maximum Gasteiger partial charge on any atom is 0.303 e. The highest BCUT2D eigenvalue weighted by Gasteiger charge is 2.36. The zero-order valence-electron chi connectivity index (χ0n) is 11.5. The van der Waals surface area contributed by atoms with Crippen LogP contribution in [-0.2, 0) is 10.7 Å². The molecule has 0 radical (unpaired) electrons. The number of carboxylic acids is 1. The number of ether oxygens (including phenoxy) is 1. The van der Waals surface area contributed by atoms with Crippen molar-refractivity contribution in [3.05, 3.63) is 29.3 Å². The van der Waals surface area contributed by atoms with Gasteiger partial charge in [-0.2, -0.15) is 0 Å². The average molecular weight is 284 g/mol. The number of benzene rings is 1. The Morgan fingerprint density at radius 3 is 2.60 bits per heavy atom. The number of aliphatic carboxylic acids is 1. The lowest BCUT2D eigenvalue weighted by molar-refractivity contribution is -0.137. The summed E-state index contributed by atoms with van der Waals surface area (Å²) in [6, 6.07) is 4.59. The highest BCUT2D eigenvalue weighted by Crippen LogP contribution is 2.46. The molecule has 2 rings (SSSR count). The Morgan fingerprint density at radius 1 is 1.50 bits per heavy atom. The van der Waals surface area contributed by atoms with Crippen molar-refractivity contribution in [3.8, 4) is 5.75 Å². The molecule has 3 nitrogen and oxygen atoms in total. The highest BCUT2D eigenvalue weighted by atomic mass is 19.3. The zero-order chi connectivity index (χ0) is 14.9. The van der Waals surface area contributed by atoms with Crippen LogP contribution in [0.5, 0.6) is 5.75 Å². The Balaban J connectivity index is 2.38. The van der Waals surface area contributed by atoms with E-state index in [2.05, 4.69) is 0 Å². The number of hydrogen-bond donors (Lipinski definition) is 1. The van der Waals surface area contributed by atoms with Gasteiger partial charge in [-0.05, 0) is 42.4 Å². The third-order valence-corrected chi connectivity index (χ3v) is 3.71. The van der Waals surface area contributed by atoms with Crippen LogP contribution in [0.4, 0.5) is 8.78 Å². The van der Waals surface area contributed by atoms with Gasteiger partial charge in [0.1, 0.15) is 5.75 Å². The molecule has 0 bridgehead atoms. The van der Waals surface area contributed by atoms with Crippen LogP contribution in [0.1, 0.15) is 43.2 Å². The second-order valence-electron chi connectivity index (χ2n) is 5.39. The topological polar surface area (TPSA) is 46.5 Å². The molecule has 1 unspecified atom stereocenters. The van der Waals surface area contributed by atoms with E-state index in [0.717, 1.165) is 19.8 Å². The fourth-order valence-electron chi connectivity index (χ4n) is 2.54. The van der Waals surface area contributed by atoms with Crippen molar-refractivity contribution >= 4 is 5.97 Å². The Kier molecular flexibility index (Phi) is 3.97. The molecule has 1 atom stereocenters. The summed E-state index contributed by atoms with van der Waals surface area (Å²) in [6.07, 6.45) is 1.90. The maximum atomic E-state index is 13.6. The number of hydrogen-bond acceptors (Lipinski definition) is 2. The van der Waals surface area contributed by atoms with Crippen molar-refractivity contribution in [1.29, 1.82) is 0 Å². The molecule has 1 saturated carbocycles. The standard InChI is InChI=1S/C15H18F2O3/c1-15(16,17)12-7-10(5-6-13(12)20-2)11(8-14(18)19)9-3-4-9/h5-7,9,11H,3-4,8H2,1-2H3,(H,18,19). The van der Waals surface area contributed by atoms with Gasteiger partial charge in [0.15, 0.2) is 0 Å². The van der Waals surface area contributed by atoms with Crippen molar-refractivity contribution in [2.24, 2.45) is 5.92 Å². The Labute approximate surface area is 116 Å². The number of carbonyl (C=O) groups is 1. The van der Waals surface area contributed by atoms with Crippen LogP contribution in [0.15, 0.2) is 18.2 Å². The minimum atomic E-state index is -3.02. The highest BCUT2D eigenvalue weighted by molar-refractivity contribution is 5.68. The zero-order valence-corrected chi connectivity index (χ0v) is 11.5. The van der Waals surface area contributed by atoms with Crippen LogP contribution >= 0.6 is 0 Å². The minimum absolute atomic E-state index is 0.0221. The summed E-state index contributed by atoms with van der Waals surface area (Å²) in [6.45, 7) is 0.817. The Morgan fingerprint density at radius 2 is 2.15 bits per heavy atom. The first-order chi connectivity index (χ1) is 9.32. The lowest BCUT2D eigenvalue weighted by atomic mass is 9.89. The monoisotopic (exact) mass is 284 g/mol. The first-order valence-corrected chi connectivity index (χ1v) is 6.61. The molecule has 0 saturated heterocycles. The molecule has 1 aliphatic carbocycles. The summed E-state index contributed by atoms with van der Waals surface area (Å²) >= 11 is 0. The van der Waals surface area contributed by atoms with Gasteiger partial charge in [-0.3, -0.25) is 4.79 Å². The van der Waals surface area contributed by atoms with Gasteiger partial charge in [0.25, 0.3) is 5.92 Å². The van der Waals surface area contributed by atoms with Crippen molar-refractivity contribution in [1.82, 2.24) is 0 Å². The molecular weight excluding hydrogens is 266 g/mol. The lowest BCUT2D eigenvalue weighted by Gasteiger charge is -2.20. The van der Waals surface area contributed by atoms with Crippen molar-refractivity contribution in [2.75, 3.05) is 7.11 Å². The predicted octanol–water partition coefficient (Wildman–Crippen LogP) is 3.78. The molecule has 5 heteroatoms. The van der Waals surface area contributed by atoms with Gasteiger partial charge in [-0.25, -0.2) is 8.78 Å². The molecule has 0 amide bonds. The summed E-state index contributed by atoms with van der Waals surface area (Å²) in [5.74, 6) is -3.69. The Bertz CT molecular complexity index is 504. The number of halogens is 2. The molecule has 1 fully saturated rings. The van der Waals surface area contributed by atoms with E-state index in [1.165, 1.54) is 19.2 Å². The largest absolute Gasteiger partial charge is 0.496 e. The molecule has 0 aromatic heterocycles. The quantitative estimate of drug-likeness (QED) is 0.864. The van der Waals surface area contributed by atoms with Gasteiger partial charge in [0, 0.05) is 6.92 Å². The van der Waals surface area contributed by atoms with Gasteiger partial charge in [0.05, 0.1) is 19.1 Å². The fourth-order valence-corrected chi connectivity index (χ4v) is 2.54. The van der Waals surface area contributed by atoms with Crippen LogP contribution in [-0.4, -0.2) is 18.2 Å².